The van der Waals surface area contributed by atoms with Crippen LogP contribution >= 0.6 is 12.4 Å². The first-order valence-electron chi connectivity index (χ1n) is 6.92. The molecular weight excluding hydrogens is 276 g/mol. The topological polar surface area (TPSA) is 41.6 Å². The van der Waals surface area contributed by atoms with Gasteiger partial charge in [0.15, 0.2) is 0 Å². The van der Waals surface area contributed by atoms with Crippen LogP contribution in [0.25, 0.3) is 0 Å². The summed E-state index contributed by atoms with van der Waals surface area (Å²) < 4.78 is 5.38. The van der Waals surface area contributed by atoms with E-state index in [0.29, 0.717) is 18.5 Å². The number of para-hydroxylation sites is 1. The molecule has 1 saturated carbocycles. The lowest BCUT2D eigenvalue weighted by Gasteiger charge is -2.33. The Kier molecular flexibility index (Phi) is 4.89. The quantitative estimate of drug-likeness (QED) is 0.901. The third-order valence-electron chi connectivity index (χ3n) is 3.93. The van der Waals surface area contributed by atoms with Gasteiger partial charge in [0.1, 0.15) is 5.75 Å². The highest BCUT2D eigenvalue weighted by Gasteiger charge is 2.37. The van der Waals surface area contributed by atoms with Crippen molar-refractivity contribution in [3.8, 4) is 5.75 Å². The highest BCUT2D eigenvalue weighted by molar-refractivity contribution is 5.85. The first-order valence-corrected chi connectivity index (χ1v) is 6.92. The standard InChI is InChI=1S/C15H20N2O2.ClH/c1-19-14-5-3-2-4-11(14)10-17(13-6-7-13)15(18)12-8-16-9-12;/h2-5,12-13,16H,6-10H2,1H3;1H. The van der Waals surface area contributed by atoms with Crippen LogP contribution in [0.15, 0.2) is 24.3 Å². The lowest BCUT2D eigenvalue weighted by Crippen LogP contribution is -2.52. The van der Waals surface area contributed by atoms with Crippen LogP contribution in [-0.2, 0) is 11.3 Å². The van der Waals surface area contributed by atoms with Crippen molar-refractivity contribution in [1.29, 1.82) is 0 Å². The molecule has 3 rings (SSSR count). The summed E-state index contributed by atoms with van der Waals surface area (Å²) in [6.07, 6.45) is 2.28. The van der Waals surface area contributed by atoms with Crippen molar-refractivity contribution in [2.24, 2.45) is 5.92 Å². The van der Waals surface area contributed by atoms with E-state index in [4.69, 9.17) is 4.74 Å². The van der Waals surface area contributed by atoms with Gasteiger partial charge in [0.05, 0.1) is 13.0 Å². The highest BCUT2D eigenvalue weighted by atomic mass is 35.5. The van der Waals surface area contributed by atoms with Gasteiger partial charge in [-0.3, -0.25) is 4.79 Å². The number of nitrogens with zero attached hydrogens (tertiary/aromatic N) is 1. The molecule has 0 atom stereocenters. The molecule has 1 N–H and O–H groups in total. The van der Waals surface area contributed by atoms with Gasteiger partial charge in [0.2, 0.25) is 5.91 Å². The lowest BCUT2D eigenvalue weighted by molar-refractivity contribution is -0.138. The van der Waals surface area contributed by atoms with Crippen molar-refractivity contribution in [3.63, 3.8) is 0 Å². The zero-order chi connectivity index (χ0) is 13.2. The number of ether oxygens (including phenoxy) is 1. The summed E-state index contributed by atoms with van der Waals surface area (Å²) in [6, 6.07) is 8.40. The van der Waals surface area contributed by atoms with E-state index in [2.05, 4.69) is 5.32 Å². The Bertz CT molecular complexity index is 473. The first-order chi connectivity index (χ1) is 9.29. The van der Waals surface area contributed by atoms with E-state index >= 15 is 0 Å². The molecule has 1 aromatic carbocycles. The molecule has 1 amide bonds. The van der Waals surface area contributed by atoms with Gasteiger partial charge in [-0.15, -0.1) is 12.4 Å². The number of amides is 1. The Morgan fingerprint density at radius 3 is 2.60 bits per heavy atom. The molecule has 2 aliphatic rings. The molecular formula is C15H21ClN2O2. The monoisotopic (exact) mass is 296 g/mol. The summed E-state index contributed by atoms with van der Waals surface area (Å²) in [7, 11) is 1.68. The molecule has 1 aliphatic heterocycles. The van der Waals surface area contributed by atoms with Crippen molar-refractivity contribution >= 4 is 18.3 Å². The summed E-state index contributed by atoms with van der Waals surface area (Å²) in [4.78, 5) is 14.5. The predicted molar refractivity (Wildman–Crippen MR) is 80.2 cm³/mol. The van der Waals surface area contributed by atoms with E-state index < -0.39 is 0 Å². The molecule has 20 heavy (non-hydrogen) atoms. The summed E-state index contributed by atoms with van der Waals surface area (Å²) in [5.41, 5.74) is 1.09. The van der Waals surface area contributed by atoms with Gasteiger partial charge in [-0.2, -0.15) is 0 Å². The van der Waals surface area contributed by atoms with Gasteiger partial charge >= 0.3 is 0 Å². The molecule has 4 nitrogen and oxygen atoms in total. The average Bonchev–Trinajstić information content (AvgIpc) is 3.18. The van der Waals surface area contributed by atoms with E-state index in [-0.39, 0.29) is 18.3 Å². The zero-order valence-electron chi connectivity index (χ0n) is 11.7. The summed E-state index contributed by atoms with van der Waals surface area (Å²) >= 11 is 0. The summed E-state index contributed by atoms with van der Waals surface area (Å²) in [5.74, 6) is 1.34. The fourth-order valence-corrected chi connectivity index (χ4v) is 2.49. The SMILES string of the molecule is COc1ccccc1CN(C(=O)C1CNC1)C1CC1.Cl. The molecule has 2 fully saturated rings. The fraction of sp³-hybridized carbons (Fsp3) is 0.533. The number of rotatable bonds is 5. The second-order valence-corrected chi connectivity index (χ2v) is 5.36. The minimum Gasteiger partial charge on any atom is -0.496 e. The predicted octanol–water partition coefficient (Wildman–Crippen LogP) is 1.83. The van der Waals surface area contributed by atoms with E-state index in [9.17, 15) is 4.79 Å². The Morgan fingerprint density at radius 1 is 1.35 bits per heavy atom. The van der Waals surface area contributed by atoms with Crippen molar-refractivity contribution < 1.29 is 9.53 Å². The van der Waals surface area contributed by atoms with Crippen molar-refractivity contribution in [2.75, 3.05) is 20.2 Å². The smallest absolute Gasteiger partial charge is 0.228 e. The fourth-order valence-electron chi connectivity index (χ4n) is 2.49. The Hall–Kier alpha value is -1.26. The molecule has 1 saturated heterocycles. The minimum absolute atomic E-state index is 0. The van der Waals surface area contributed by atoms with Crippen molar-refractivity contribution in [1.82, 2.24) is 10.2 Å². The Labute approximate surface area is 125 Å². The second-order valence-electron chi connectivity index (χ2n) is 5.36. The van der Waals surface area contributed by atoms with Crippen LogP contribution in [0.4, 0.5) is 0 Å². The number of hydrogen-bond acceptors (Lipinski definition) is 3. The molecule has 1 heterocycles. The first kappa shape index (κ1) is 15.1. The number of carbonyl (C=O) groups excluding carboxylic acids is 1. The maximum atomic E-state index is 12.5. The lowest BCUT2D eigenvalue weighted by atomic mass is 10.0. The highest BCUT2D eigenvalue weighted by Crippen LogP contribution is 2.32. The number of nitrogens with one attached hydrogen (secondary N) is 1. The number of benzene rings is 1. The van der Waals surface area contributed by atoms with Crippen LogP contribution in [0.5, 0.6) is 5.75 Å². The third kappa shape index (κ3) is 3.07. The molecule has 0 unspecified atom stereocenters. The van der Waals surface area contributed by atoms with E-state index in [1.54, 1.807) is 7.11 Å². The number of hydrogen-bond donors (Lipinski definition) is 1. The van der Waals surface area contributed by atoms with Gasteiger partial charge in [-0.05, 0) is 18.9 Å². The molecule has 1 aliphatic carbocycles. The van der Waals surface area contributed by atoms with Crippen LogP contribution < -0.4 is 10.1 Å². The normalized spacial score (nSPS) is 17.9. The summed E-state index contributed by atoms with van der Waals surface area (Å²) in [6.45, 7) is 2.33. The maximum Gasteiger partial charge on any atom is 0.228 e. The summed E-state index contributed by atoms with van der Waals surface area (Å²) in [5, 5.41) is 3.17. The zero-order valence-corrected chi connectivity index (χ0v) is 12.5. The molecule has 0 spiro atoms. The van der Waals surface area contributed by atoms with Gasteiger partial charge in [-0.25, -0.2) is 0 Å². The molecule has 0 bridgehead atoms. The average molecular weight is 297 g/mol. The Morgan fingerprint density at radius 2 is 2.05 bits per heavy atom. The maximum absolute atomic E-state index is 12.5. The Balaban J connectivity index is 0.00000147. The minimum atomic E-state index is 0. The molecule has 5 heteroatoms. The van der Waals surface area contributed by atoms with Gasteiger partial charge in [-0.1, -0.05) is 18.2 Å². The van der Waals surface area contributed by atoms with E-state index in [0.717, 1.165) is 37.2 Å². The molecule has 1 aromatic rings. The van der Waals surface area contributed by atoms with Gasteiger partial charge in [0.25, 0.3) is 0 Å². The van der Waals surface area contributed by atoms with Crippen LogP contribution in [-0.4, -0.2) is 37.0 Å². The van der Waals surface area contributed by atoms with Crippen molar-refractivity contribution in [3.05, 3.63) is 29.8 Å². The van der Waals surface area contributed by atoms with Crippen LogP contribution in [0.3, 0.4) is 0 Å². The van der Waals surface area contributed by atoms with E-state index in [1.165, 1.54) is 0 Å². The number of carbonyl (C=O) groups is 1. The number of halogens is 1. The van der Waals surface area contributed by atoms with Gasteiger partial charge in [0, 0.05) is 31.2 Å². The third-order valence-corrected chi connectivity index (χ3v) is 3.93. The van der Waals surface area contributed by atoms with E-state index in [1.807, 2.05) is 29.2 Å². The van der Waals surface area contributed by atoms with Crippen molar-refractivity contribution in [2.45, 2.75) is 25.4 Å². The molecule has 0 radical (unpaired) electrons. The second kappa shape index (κ2) is 6.46. The van der Waals surface area contributed by atoms with Crippen LogP contribution in [0, 0.1) is 5.92 Å². The largest absolute Gasteiger partial charge is 0.496 e. The van der Waals surface area contributed by atoms with Crippen LogP contribution in [0.1, 0.15) is 18.4 Å². The van der Waals surface area contributed by atoms with Gasteiger partial charge < -0.3 is 15.0 Å². The molecule has 110 valence electrons. The van der Waals surface area contributed by atoms with Crippen LogP contribution in [0.2, 0.25) is 0 Å². The number of methoxy groups -OCH3 is 1. The molecule has 0 aromatic heterocycles.